The van der Waals surface area contributed by atoms with Crippen molar-refractivity contribution < 1.29 is 26.8 Å². The van der Waals surface area contributed by atoms with E-state index in [1.54, 1.807) is 56.7 Å². The SMILES string of the molecule is C#[N+]C(=CN(C)C)S(=O)(=O)Nc1nc2ccccc2nc1Nc1cc(OC)cc(OC)c1OCCS(C)=O. The number of benzene rings is 2. The molecule has 0 fully saturated rings. The van der Waals surface area contributed by atoms with Crippen LogP contribution in [0.2, 0.25) is 0 Å². The van der Waals surface area contributed by atoms with Crippen LogP contribution in [-0.4, -0.2) is 74.4 Å². The van der Waals surface area contributed by atoms with E-state index in [0.29, 0.717) is 34.0 Å². The molecule has 3 aromatic rings. The van der Waals surface area contributed by atoms with Crippen molar-refractivity contribution in [3.8, 4) is 23.8 Å². The van der Waals surface area contributed by atoms with Crippen molar-refractivity contribution in [2.24, 2.45) is 0 Å². The molecular weight excluding hydrogens is 532 g/mol. The summed E-state index contributed by atoms with van der Waals surface area (Å²) < 4.78 is 57.0. The van der Waals surface area contributed by atoms with Crippen LogP contribution in [0.5, 0.6) is 17.2 Å². The number of fused-ring (bicyclic) bond motifs is 1. The van der Waals surface area contributed by atoms with Crippen LogP contribution in [0.25, 0.3) is 15.9 Å². The van der Waals surface area contributed by atoms with E-state index in [4.69, 9.17) is 20.8 Å². The molecule has 0 spiro atoms. The molecule has 1 unspecified atom stereocenters. The van der Waals surface area contributed by atoms with Crippen LogP contribution in [-0.2, 0) is 20.8 Å². The quantitative estimate of drug-likeness (QED) is 0.339. The second-order valence-corrected chi connectivity index (χ2v) is 11.2. The average molecular weight is 562 g/mol. The van der Waals surface area contributed by atoms with Gasteiger partial charge in [-0.15, -0.1) is 0 Å². The number of para-hydroxylation sites is 2. The Morgan fingerprint density at radius 3 is 2.34 bits per heavy atom. The number of anilines is 3. The van der Waals surface area contributed by atoms with E-state index in [9.17, 15) is 12.6 Å². The highest BCUT2D eigenvalue weighted by Crippen LogP contribution is 2.41. The number of sulfonamides is 1. The fourth-order valence-electron chi connectivity index (χ4n) is 3.21. The molecule has 1 heterocycles. The zero-order valence-electron chi connectivity index (χ0n) is 21.6. The highest BCUT2D eigenvalue weighted by Gasteiger charge is 2.30. The maximum absolute atomic E-state index is 13.1. The first-order chi connectivity index (χ1) is 18.1. The molecule has 2 N–H and O–H groups in total. The fourth-order valence-corrected chi connectivity index (χ4v) is 4.52. The monoisotopic (exact) mass is 561 g/mol. The van der Waals surface area contributed by atoms with Crippen molar-refractivity contribution in [3.05, 3.63) is 52.5 Å². The lowest BCUT2D eigenvalue weighted by Gasteiger charge is -2.18. The number of hydrogen-bond donors (Lipinski definition) is 2. The minimum atomic E-state index is -4.24. The second kappa shape index (κ2) is 12.4. The summed E-state index contributed by atoms with van der Waals surface area (Å²) in [5.41, 5.74) is 1.30. The molecule has 3 rings (SSSR count). The normalized spacial score (nSPS) is 12.4. The first-order valence-corrected chi connectivity index (χ1v) is 14.3. The molecule has 0 saturated heterocycles. The molecule has 0 aliphatic heterocycles. The molecule has 12 nitrogen and oxygen atoms in total. The number of nitrogens with zero attached hydrogens (tertiary/aromatic N) is 4. The van der Waals surface area contributed by atoms with Gasteiger partial charge in [0, 0.05) is 43.3 Å². The van der Waals surface area contributed by atoms with Crippen LogP contribution >= 0.6 is 0 Å². The first kappa shape index (κ1) is 28.5. The molecule has 0 aliphatic rings. The third-order valence-corrected chi connectivity index (χ3v) is 6.89. The standard InChI is InChI=1S/C24H29N6O6S2/c1-25-21(15-30(2)3)38(32,33)29-24-23(26-17-9-7-8-10-18(17)27-24)28-19-13-16(34-4)14-20(35-5)22(19)36-11-12-37(6)31/h1,7-10,13-15H,11-12H2,2-6H3,(H,26,28)(H,27,29)/q+1. The third-order valence-electron chi connectivity index (χ3n) is 4.93. The summed E-state index contributed by atoms with van der Waals surface area (Å²) in [6.07, 6.45) is 2.82. The molecule has 1 atom stereocenters. The summed E-state index contributed by atoms with van der Waals surface area (Å²) in [7, 11) is 0.905. The fraction of sp³-hybridized carbons (Fsp3) is 0.292. The highest BCUT2D eigenvalue weighted by atomic mass is 32.2. The van der Waals surface area contributed by atoms with Crippen LogP contribution < -0.4 is 24.2 Å². The number of methoxy groups -OCH3 is 2. The minimum absolute atomic E-state index is 0.0627. The van der Waals surface area contributed by atoms with Crippen molar-refractivity contribution in [3.63, 3.8) is 0 Å². The summed E-state index contributed by atoms with van der Waals surface area (Å²) in [6.45, 7) is 5.50. The summed E-state index contributed by atoms with van der Waals surface area (Å²) in [6, 6.07) is 10.2. The molecule has 1 aromatic heterocycles. The second-order valence-electron chi connectivity index (χ2n) is 8.03. The maximum atomic E-state index is 13.1. The Labute approximate surface area is 224 Å². The van der Waals surface area contributed by atoms with Crippen LogP contribution in [0, 0.1) is 6.57 Å². The van der Waals surface area contributed by atoms with Crippen molar-refractivity contribution in [2.45, 2.75) is 0 Å². The van der Waals surface area contributed by atoms with Crippen LogP contribution in [0.15, 0.2) is 47.6 Å². The van der Waals surface area contributed by atoms with Crippen molar-refractivity contribution in [1.29, 1.82) is 0 Å². The molecule has 0 radical (unpaired) electrons. The van der Waals surface area contributed by atoms with Crippen LogP contribution in [0.4, 0.5) is 17.3 Å². The number of aromatic nitrogens is 2. The topological polar surface area (TPSA) is 136 Å². The minimum Gasteiger partial charge on any atom is -0.497 e. The highest BCUT2D eigenvalue weighted by molar-refractivity contribution is 7.96. The molecule has 0 saturated carbocycles. The molecule has 202 valence electrons. The predicted octanol–water partition coefficient (Wildman–Crippen LogP) is 3.21. The van der Waals surface area contributed by atoms with Gasteiger partial charge in [-0.25, -0.2) is 9.97 Å². The Kier molecular flexibility index (Phi) is 9.32. The summed E-state index contributed by atoms with van der Waals surface area (Å²) >= 11 is 0. The molecular formula is C24H29N6O6S2+. The van der Waals surface area contributed by atoms with Gasteiger partial charge in [-0.2, -0.15) is 8.42 Å². The molecule has 14 heteroatoms. The Bertz CT molecular complexity index is 1520. The zero-order valence-corrected chi connectivity index (χ0v) is 23.2. The Hall–Kier alpha value is -4.09. The van der Waals surface area contributed by atoms with Gasteiger partial charge < -0.3 is 24.4 Å². The number of ether oxygens (including phenoxy) is 3. The predicted molar refractivity (Wildman–Crippen MR) is 149 cm³/mol. The summed E-state index contributed by atoms with van der Waals surface area (Å²) in [5, 5.41) is 2.67. The Morgan fingerprint density at radius 1 is 1.13 bits per heavy atom. The molecule has 0 amide bonds. The molecule has 0 aliphatic carbocycles. The maximum Gasteiger partial charge on any atom is 0.464 e. The van der Waals surface area contributed by atoms with E-state index in [-0.39, 0.29) is 24.0 Å². The lowest BCUT2D eigenvalue weighted by atomic mass is 10.2. The van der Waals surface area contributed by atoms with Gasteiger partial charge >= 0.3 is 15.1 Å². The Balaban J connectivity index is 2.15. The Morgan fingerprint density at radius 2 is 1.79 bits per heavy atom. The smallest absolute Gasteiger partial charge is 0.464 e. The van der Waals surface area contributed by atoms with E-state index < -0.39 is 25.9 Å². The van der Waals surface area contributed by atoms with Gasteiger partial charge in [0.05, 0.1) is 36.7 Å². The van der Waals surface area contributed by atoms with E-state index >= 15 is 0 Å². The lowest BCUT2D eigenvalue weighted by Crippen LogP contribution is -2.18. The van der Waals surface area contributed by atoms with Crippen LogP contribution in [0.1, 0.15) is 0 Å². The molecule has 0 bridgehead atoms. The van der Waals surface area contributed by atoms with E-state index in [2.05, 4.69) is 24.9 Å². The lowest BCUT2D eigenvalue weighted by molar-refractivity contribution is 0.312. The van der Waals surface area contributed by atoms with Crippen LogP contribution in [0.3, 0.4) is 0 Å². The largest absolute Gasteiger partial charge is 0.497 e. The van der Waals surface area contributed by atoms with Gasteiger partial charge in [-0.3, -0.25) is 8.93 Å². The van der Waals surface area contributed by atoms with Crippen molar-refractivity contribution in [1.82, 2.24) is 14.9 Å². The third kappa shape index (κ3) is 7.02. The number of nitrogens with one attached hydrogen (secondary N) is 2. The van der Waals surface area contributed by atoms with E-state index in [0.717, 1.165) is 0 Å². The van der Waals surface area contributed by atoms with Gasteiger partial charge in [0.15, 0.2) is 23.1 Å². The first-order valence-electron chi connectivity index (χ1n) is 11.1. The van der Waals surface area contributed by atoms with Gasteiger partial charge in [-0.05, 0) is 17.0 Å². The average Bonchev–Trinajstić information content (AvgIpc) is 2.87. The van der Waals surface area contributed by atoms with Crippen molar-refractivity contribution >= 4 is 49.2 Å². The zero-order chi connectivity index (χ0) is 27.9. The summed E-state index contributed by atoms with van der Waals surface area (Å²) in [5.74, 6) is 1.30. The van der Waals surface area contributed by atoms with Gasteiger partial charge in [-0.1, -0.05) is 12.1 Å². The summed E-state index contributed by atoms with van der Waals surface area (Å²) in [4.78, 5) is 13.9. The van der Waals surface area contributed by atoms with Crippen molar-refractivity contribution in [2.75, 3.05) is 57.0 Å². The van der Waals surface area contributed by atoms with E-state index in [1.807, 2.05) is 0 Å². The van der Waals surface area contributed by atoms with Gasteiger partial charge in [0.25, 0.3) is 6.57 Å². The van der Waals surface area contributed by atoms with Gasteiger partial charge in [0.2, 0.25) is 0 Å². The number of rotatable bonds is 12. The van der Waals surface area contributed by atoms with Gasteiger partial charge in [0.1, 0.15) is 18.6 Å². The number of hydrogen-bond acceptors (Lipinski definition) is 10. The molecule has 2 aromatic carbocycles. The van der Waals surface area contributed by atoms with E-state index in [1.165, 1.54) is 25.3 Å². The molecule has 38 heavy (non-hydrogen) atoms.